The van der Waals surface area contributed by atoms with Crippen LogP contribution in [0.5, 0.6) is 0 Å². The second kappa shape index (κ2) is 14.1. The van der Waals surface area contributed by atoms with Crippen LogP contribution < -0.4 is 19.6 Å². The number of aryl methyl sites for hydroxylation is 1. The Bertz CT molecular complexity index is 2390. The monoisotopic (exact) mass is 752 g/mol. The summed E-state index contributed by atoms with van der Waals surface area (Å²) in [6.45, 7) is 16.4. The Morgan fingerprint density at radius 3 is 1.79 bits per heavy atom. The van der Waals surface area contributed by atoms with Crippen molar-refractivity contribution in [3.8, 4) is 0 Å². The predicted octanol–water partition coefficient (Wildman–Crippen LogP) is 13.1. The molecule has 0 fully saturated rings. The Hall–Kier alpha value is -5.62. The van der Waals surface area contributed by atoms with Crippen molar-refractivity contribution in [2.24, 2.45) is 5.41 Å². The zero-order valence-electron chi connectivity index (χ0n) is 34.7. The topological polar surface area (TPSA) is 38.7 Å². The summed E-state index contributed by atoms with van der Waals surface area (Å²) in [5.74, 6) is 1.84. The van der Waals surface area contributed by atoms with Crippen LogP contribution >= 0.6 is 0 Å². The predicted molar refractivity (Wildman–Crippen MR) is 238 cm³/mol. The molecule has 6 heteroatoms. The molecule has 3 aliphatic rings. The molecule has 9 rings (SSSR count). The highest BCUT2D eigenvalue weighted by Crippen LogP contribution is 2.65. The molecular formula is C51H56N6. The Morgan fingerprint density at radius 2 is 1.16 bits per heavy atom. The summed E-state index contributed by atoms with van der Waals surface area (Å²) in [5.41, 5.74) is 11.1. The summed E-state index contributed by atoms with van der Waals surface area (Å²) < 4.78 is 0. The number of rotatable bonds is 9. The van der Waals surface area contributed by atoms with Gasteiger partial charge in [0.2, 0.25) is 0 Å². The first-order valence-corrected chi connectivity index (χ1v) is 21.0. The van der Waals surface area contributed by atoms with Crippen LogP contribution in [0.2, 0.25) is 0 Å². The third-order valence-electron chi connectivity index (χ3n) is 13.6. The lowest BCUT2D eigenvalue weighted by molar-refractivity contribution is 0.0714. The van der Waals surface area contributed by atoms with E-state index in [9.17, 15) is 0 Å². The first kappa shape index (κ1) is 37.0. The maximum Gasteiger partial charge on any atom is 0.178 e. The molecular weight excluding hydrogens is 697 g/mol. The molecule has 4 unspecified atom stereocenters. The van der Waals surface area contributed by atoms with Gasteiger partial charge in [0.05, 0.1) is 23.3 Å². The van der Waals surface area contributed by atoms with E-state index < -0.39 is 0 Å². The maximum atomic E-state index is 5.31. The smallest absolute Gasteiger partial charge is 0.178 e. The molecule has 3 aliphatic heterocycles. The minimum Gasteiger partial charge on any atom is -0.318 e. The molecule has 0 N–H and O–H groups in total. The van der Waals surface area contributed by atoms with Gasteiger partial charge >= 0.3 is 0 Å². The summed E-state index contributed by atoms with van der Waals surface area (Å²) in [6, 6.07) is 49.1. The van der Waals surface area contributed by atoms with Gasteiger partial charge in [-0.2, -0.15) is 0 Å². The van der Waals surface area contributed by atoms with Crippen LogP contribution in [-0.2, 0) is 17.3 Å². The van der Waals surface area contributed by atoms with Gasteiger partial charge in [-0.3, -0.25) is 0 Å². The highest BCUT2D eigenvalue weighted by atomic mass is 15.5. The van der Waals surface area contributed by atoms with Gasteiger partial charge in [-0.1, -0.05) is 126 Å². The van der Waals surface area contributed by atoms with E-state index in [1.54, 1.807) is 0 Å². The molecule has 0 saturated heterocycles. The maximum absolute atomic E-state index is 5.31. The van der Waals surface area contributed by atoms with Crippen LogP contribution in [0, 0.1) is 5.41 Å². The quantitative estimate of drug-likeness (QED) is 0.146. The van der Waals surface area contributed by atoms with Gasteiger partial charge in [0, 0.05) is 39.0 Å². The molecule has 4 heterocycles. The summed E-state index contributed by atoms with van der Waals surface area (Å²) >= 11 is 0. The molecule has 0 amide bonds. The lowest BCUT2D eigenvalue weighted by Crippen LogP contribution is -2.63. The van der Waals surface area contributed by atoms with E-state index >= 15 is 0 Å². The van der Waals surface area contributed by atoms with Crippen LogP contribution in [0.3, 0.4) is 0 Å². The Morgan fingerprint density at radius 1 is 0.596 bits per heavy atom. The number of hydrogen-bond acceptors (Lipinski definition) is 6. The van der Waals surface area contributed by atoms with E-state index in [1.165, 1.54) is 39.6 Å². The van der Waals surface area contributed by atoms with Crippen LogP contribution in [-0.4, -0.2) is 22.3 Å². The van der Waals surface area contributed by atoms with Crippen molar-refractivity contribution >= 4 is 45.8 Å². The zero-order valence-corrected chi connectivity index (χ0v) is 34.7. The number of benzene rings is 5. The fourth-order valence-electron chi connectivity index (χ4n) is 10.6. The lowest BCUT2D eigenvalue weighted by atomic mass is 9.52. The summed E-state index contributed by atoms with van der Waals surface area (Å²) in [6.07, 6.45) is 7.33. The Labute approximate surface area is 339 Å². The van der Waals surface area contributed by atoms with E-state index in [2.05, 4.69) is 202 Å². The van der Waals surface area contributed by atoms with Crippen LogP contribution in [0.1, 0.15) is 91.0 Å². The summed E-state index contributed by atoms with van der Waals surface area (Å²) in [5, 5.41) is 0. The van der Waals surface area contributed by atoms with E-state index in [4.69, 9.17) is 9.97 Å². The van der Waals surface area contributed by atoms with E-state index in [0.29, 0.717) is 0 Å². The molecule has 6 aromatic rings. The summed E-state index contributed by atoms with van der Waals surface area (Å²) in [4.78, 5) is 20.6. The molecule has 6 nitrogen and oxygen atoms in total. The molecule has 290 valence electrons. The van der Waals surface area contributed by atoms with Crippen LogP contribution in [0.15, 0.2) is 140 Å². The average Bonchev–Trinajstić information content (AvgIpc) is 3.74. The molecule has 1 aromatic heterocycles. The largest absolute Gasteiger partial charge is 0.318 e. The van der Waals surface area contributed by atoms with E-state index in [1.807, 2.05) is 6.20 Å². The fraction of sp³-hybridized carbons (Fsp3) is 0.333. The standard InChI is InChI=1S/C51H56N6/c1-8-50(7)48-56(39-27-14-11-15-28-39)43-32-20-21-33-44(43)57(48)42-31-19-17-29-40(42)51(50,9-2)34-22-24-37-23-16-18-30-41(37)55-36(3)54(38-25-12-10-13-26-38)47-46(55)52-35-45(53-47)49(4,5)6/h10-21,23,25-33,35-36,48H,8-9,22,24,34H2,1-7H3. The van der Waals surface area contributed by atoms with Crippen molar-refractivity contribution in [1.29, 1.82) is 0 Å². The van der Waals surface area contributed by atoms with Gasteiger partial charge in [-0.15, -0.1) is 0 Å². The minimum absolute atomic E-state index is 0.00620. The normalized spacial score (nSPS) is 22.3. The first-order valence-electron chi connectivity index (χ1n) is 21.0. The highest BCUT2D eigenvalue weighted by Gasteiger charge is 2.61. The second-order valence-electron chi connectivity index (χ2n) is 17.5. The SMILES string of the molecule is CCC1(CCCc2ccccc2N2c3ncc(C(C)(C)C)nc3N(c3ccccc3)C2C)c2ccccc2N2c3ccccc3N(c3ccccc3)C2C1(C)CC. The van der Waals surface area contributed by atoms with Crippen molar-refractivity contribution in [3.05, 3.63) is 156 Å². The van der Waals surface area contributed by atoms with E-state index in [0.717, 1.165) is 55.1 Å². The molecule has 0 spiro atoms. The molecule has 0 radical (unpaired) electrons. The van der Waals surface area contributed by atoms with Crippen LogP contribution in [0.4, 0.5) is 45.8 Å². The minimum atomic E-state index is -0.116. The van der Waals surface area contributed by atoms with Gasteiger partial charge in [0.15, 0.2) is 11.6 Å². The third kappa shape index (κ3) is 5.66. The van der Waals surface area contributed by atoms with Crippen molar-refractivity contribution in [2.75, 3.05) is 19.6 Å². The molecule has 5 aromatic carbocycles. The number of anilines is 8. The van der Waals surface area contributed by atoms with Gasteiger partial charge in [0.1, 0.15) is 12.3 Å². The van der Waals surface area contributed by atoms with Crippen LogP contribution in [0.25, 0.3) is 0 Å². The fourth-order valence-corrected chi connectivity index (χ4v) is 10.6. The van der Waals surface area contributed by atoms with Crippen molar-refractivity contribution < 1.29 is 0 Å². The number of para-hydroxylation sites is 6. The molecule has 0 aliphatic carbocycles. The number of hydrogen-bond donors (Lipinski definition) is 0. The highest BCUT2D eigenvalue weighted by molar-refractivity contribution is 5.91. The summed E-state index contributed by atoms with van der Waals surface area (Å²) in [7, 11) is 0. The molecule has 0 bridgehead atoms. The number of aromatic nitrogens is 2. The molecule has 4 atom stereocenters. The Kier molecular flexibility index (Phi) is 9.14. The van der Waals surface area contributed by atoms with Crippen molar-refractivity contribution in [1.82, 2.24) is 9.97 Å². The average molecular weight is 753 g/mol. The third-order valence-corrected chi connectivity index (χ3v) is 13.6. The van der Waals surface area contributed by atoms with Gasteiger partial charge in [-0.25, -0.2) is 9.97 Å². The van der Waals surface area contributed by atoms with Gasteiger partial charge < -0.3 is 19.6 Å². The molecule has 57 heavy (non-hydrogen) atoms. The number of fused-ring (bicyclic) bond motifs is 6. The Balaban J connectivity index is 1.10. The number of nitrogens with zero attached hydrogens (tertiary/aromatic N) is 6. The van der Waals surface area contributed by atoms with Crippen molar-refractivity contribution in [2.45, 2.75) is 104 Å². The zero-order chi connectivity index (χ0) is 39.5. The lowest BCUT2D eigenvalue weighted by Gasteiger charge is -2.60. The van der Waals surface area contributed by atoms with Gasteiger partial charge in [0.25, 0.3) is 0 Å². The van der Waals surface area contributed by atoms with Crippen molar-refractivity contribution in [3.63, 3.8) is 0 Å². The first-order chi connectivity index (χ1) is 27.6. The molecule has 0 saturated carbocycles. The second-order valence-corrected chi connectivity index (χ2v) is 17.5. The van der Waals surface area contributed by atoms with Gasteiger partial charge in [-0.05, 0) is 98.7 Å². The van der Waals surface area contributed by atoms with E-state index in [-0.39, 0.29) is 28.6 Å².